The molecule has 0 aromatic heterocycles. The van der Waals surface area contributed by atoms with Gasteiger partial charge in [-0.2, -0.15) is 0 Å². The molecule has 1 aliphatic rings. The minimum absolute atomic E-state index is 0.395. The van der Waals surface area contributed by atoms with Gasteiger partial charge < -0.3 is 21.1 Å². The molecule has 1 aliphatic heterocycles. The Morgan fingerprint density at radius 1 is 1.33 bits per heavy atom. The molecule has 3 amide bonds. The van der Waals surface area contributed by atoms with Gasteiger partial charge in [0.05, 0.1) is 6.42 Å². The van der Waals surface area contributed by atoms with Gasteiger partial charge in [0.25, 0.3) is 0 Å². The maximum absolute atomic E-state index is 12.1. The molecule has 0 bridgehead atoms. The molecule has 2 atom stereocenters. The van der Waals surface area contributed by atoms with E-state index in [9.17, 15) is 14.4 Å². The predicted molar refractivity (Wildman–Crippen MR) is 77.6 cm³/mol. The molecule has 0 aromatic carbocycles. The topological polar surface area (TPSA) is 113 Å². The summed E-state index contributed by atoms with van der Waals surface area (Å²) in [6.07, 6.45) is 4.86. The number of rotatable bonds is 6. The number of carbonyl (C=O) groups is 3. The van der Waals surface area contributed by atoms with Crippen LogP contribution in [0.2, 0.25) is 0 Å². The van der Waals surface area contributed by atoms with Gasteiger partial charge in [0.15, 0.2) is 0 Å². The number of nitrogens with two attached hydrogens (primary N) is 1. The summed E-state index contributed by atoms with van der Waals surface area (Å²) in [5.41, 5.74) is 4.99. The smallest absolute Gasteiger partial charge is 0.326 e. The van der Waals surface area contributed by atoms with Crippen LogP contribution in [0.15, 0.2) is 0 Å². The Labute approximate surface area is 124 Å². The number of carboxylic acids is 1. The molecule has 0 radical (unpaired) electrons. The Balaban J connectivity index is 2.53. The van der Waals surface area contributed by atoms with Crippen molar-refractivity contribution in [3.8, 4) is 0 Å². The van der Waals surface area contributed by atoms with Crippen LogP contribution in [0.4, 0.5) is 4.79 Å². The van der Waals surface area contributed by atoms with Crippen LogP contribution in [0, 0.1) is 5.92 Å². The highest BCUT2D eigenvalue weighted by Crippen LogP contribution is 2.21. The molecule has 1 saturated heterocycles. The molecular formula is C14H25N3O4. The van der Waals surface area contributed by atoms with Gasteiger partial charge in [-0.05, 0) is 25.2 Å². The number of nitrogens with zero attached hydrogens (tertiary/aromatic N) is 1. The fourth-order valence-electron chi connectivity index (χ4n) is 2.71. The first-order valence-electron chi connectivity index (χ1n) is 7.50. The minimum atomic E-state index is -1.26. The first-order chi connectivity index (χ1) is 9.93. The van der Waals surface area contributed by atoms with Crippen molar-refractivity contribution in [1.29, 1.82) is 0 Å². The molecule has 0 saturated carbocycles. The molecule has 120 valence electrons. The number of hydrogen-bond donors (Lipinski definition) is 3. The van der Waals surface area contributed by atoms with Crippen molar-refractivity contribution in [2.45, 2.75) is 51.5 Å². The Morgan fingerprint density at radius 3 is 2.62 bits per heavy atom. The Kier molecular flexibility index (Phi) is 6.98. The van der Waals surface area contributed by atoms with Crippen LogP contribution in [-0.2, 0) is 9.59 Å². The molecule has 7 nitrogen and oxygen atoms in total. The van der Waals surface area contributed by atoms with E-state index in [4.69, 9.17) is 10.8 Å². The summed E-state index contributed by atoms with van der Waals surface area (Å²) < 4.78 is 0. The monoisotopic (exact) mass is 299 g/mol. The Morgan fingerprint density at radius 2 is 2.05 bits per heavy atom. The predicted octanol–water partition coefficient (Wildman–Crippen LogP) is 0.927. The van der Waals surface area contributed by atoms with Crippen LogP contribution in [0.25, 0.3) is 0 Å². The lowest BCUT2D eigenvalue weighted by Gasteiger charge is -2.23. The zero-order valence-electron chi connectivity index (χ0n) is 12.5. The summed E-state index contributed by atoms with van der Waals surface area (Å²) in [5, 5.41) is 11.4. The number of aliphatic carboxylic acids is 1. The van der Waals surface area contributed by atoms with Crippen LogP contribution in [0.1, 0.15) is 45.4 Å². The van der Waals surface area contributed by atoms with Crippen LogP contribution < -0.4 is 11.1 Å². The second-order valence-corrected chi connectivity index (χ2v) is 5.58. The van der Waals surface area contributed by atoms with E-state index in [1.54, 1.807) is 4.90 Å². The Bertz CT molecular complexity index is 386. The zero-order chi connectivity index (χ0) is 15.8. The molecular weight excluding hydrogens is 274 g/mol. The summed E-state index contributed by atoms with van der Waals surface area (Å²) in [6, 6.07) is -1.69. The van der Waals surface area contributed by atoms with Crippen LogP contribution in [0.3, 0.4) is 0 Å². The standard InChI is InChI=1S/C14H25N3O4/c1-2-4-10-5-3-7-17(8-6-10)14(21)16-11(13(19)20)9-12(15)18/h10-11H,2-9H2,1H3,(H2,15,18)(H,16,21)(H,19,20)/t10?,11-/m0/s1. The lowest BCUT2D eigenvalue weighted by molar-refractivity contribution is -0.140. The van der Waals surface area contributed by atoms with Gasteiger partial charge >= 0.3 is 12.0 Å². The summed E-state index contributed by atoms with van der Waals surface area (Å²) >= 11 is 0. The molecule has 1 rings (SSSR count). The summed E-state index contributed by atoms with van der Waals surface area (Å²) in [7, 11) is 0. The average Bonchev–Trinajstić information content (AvgIpc) is 2.63. The third-order valence-electron chi connectivity index (χ3n) is 3.83. The summed E-state index contributed by atoms with van der Waals surface area (Å²) in [5.74, 6) is -1.36. The van der Waals surface area contributed by atoms with E-state index < -0.39 is 30.4 Å². The van der Waals surface area contributed by atoms with Crippen LogP contribution >= 0.6 is 0 Å². The lowest BCUT2D eigenvalue weighted by atomic mass is 9.96. The fourth-order valence-corrected chi connectivity index (χ4v) is 2.71. The number of hydrogen-bond acceptors (Lipinski definition) is 3. The molecule has 7 heteroatoms. The molecule has 4 N–H and O–H groups in total. The Hall–Kier alpha value is -1.79. The van der Waals surface area contributed by atoms with Gasteiger partial charge in [-0.3, -0.25) is 4.79 Å². The molecule has 0 aliphatic carbocycles. The zero-order valence-corrected chi connectivity index (χ0v) is 12.5. The van der Waals surface area contributed by atoms with Crippen molar-refractivity contribution >= 4 is 17.9 Å². The van der Waals surface area contributed by atoms with E-state index in [1.807, 2.05) is 0 Å². The average molecular weight is 299 g/mol. The maximum Gasteiger partial charge on any atom is 0.326 e. The van der Waals surface area contributed by atoms with Gasteiger partial charge in [-0.1, -0.05) is 19.8 Å². The van der Waals surface area contributed by atoms with E-state index in [0.717, 1.165) is 32.1 Å². The van der Waals surface area contributed by atoms with Crippen molar-refractivity contribution in [2.75, 3.05) is 13.1 Å². The highest BCUT2D eigenvalue weighted by atomic mass is 16.4. The second-order valence-electron chi connectivity index (χ2n) is 5.58. The molecule has 1 unspecified atom stereocenters. The highest BCUT2D eigenvalue weighted by molar-refractivity contribution is 5.87. The van der Waals surface area contributed by atoms with Crippen molar-refractivity contribution in [3.05, 3.63) is 0 Å². The van der Waals surface area contributed by atoms with Gasteiger partial charge in [0, 0.05) is 13.1 Å². The molecule has 21 heavy (non-hydrogen) atoms. The number of urea groups is 1. The highest BCUT2D eigenvalue weighted by Gasteiger charge is 2.26. The van der Waals surface area contributed by atoms with Crippen LogP contribution in [0.5, 0.6) is 0 Å². The maximum atomic E-state index is 12.1. The van der Waals surface area contributed by atoms with E-state index in [2.05, 4.69) is 12.2 Å². The van der Waals surface area contributed by atoms with Gasteiger partial charge in [-0.15, -0.1) is 0 Å². The molecule has 1 heterocycles. The van der Waals surface area contributed by atoms with E-state index in [0.29, 0.717) is 19.0 Å². The number of carboxylic acid groups (broad SMARTS) is 1. The van der Waals surface area contributed by atoms with Crippen molar-refractivity contribution in [3.63, 3.8) is 0 Å². The summed E-state index contributed by atoms with van der Waals surface area (Å²) in [6.45, 7) is 3.39. The van der Waals surface area contributed by atoms with Gasteiger partial charge in [-0.25, -0.2) is 9.59 Å². The first-order valence-corrected chi connectivity index (χ1v) is 7.50. The van der Waals surface area contributed by atoms with Crippen molar-refractivity contribution < 1.29 is 19.5 Å². The fraction of sp³-hybridized carbons (Fsp3) is 0.786. The van der Waals surface area contributed by atoms with Gasteiger partial charge in [0.1, 0.15) is 6.04 Å². The number of primary amides is 1. The van der Waals surface area contributed by atoms with Crippen LogP contribution in [-0.4, -0.2) is 47.0 Å². The van der Waals surface area contributed by atoms with E-state index in [-0.39, 0.29) is 0 Å². The number of carbonyl (C=O) groups excluding carboxylic acids is 2. The number of nitrogens with one attached hydrogen (secondary N) is 1. The van der Waals surface area contributed by atoms with E-state index in [1.165, 1.54) is 0 Å². The minimum Gasteiger partial charge on any atom is -0.480 e. The SMILES string of the molecule is CCCC1CCCN(C(=O)N[C@@H](CC(N)=O)C(=O)O)CC1. The van der Waals surface area contributed by atoms with Crippen molar-refractivity contribution in [2.24, 2.45) is 11.7 Å². The largest absolute Gasteiger partial charge is 0.480 e. The third-order valence-corrected chi connectivity index (χ3v) is 3.83. The molecule has 0 aromatic rings. The second kappa shape index (κ2) is 8.49. The number of likely N-dealkylation sites (tertiary alicyclic amines) is 1. The molecule has 1 fully saturated rings. The quantitative estimate of drug-likeness (QED) is 0.677. The lowest BCUT2D eigenvalue weighted by Crippen LogP contribution is -2.49. The summed E-state index contributed by atoms with van der Waals surface area (Å²) in [4.78, 5) is 35.6. The van der Waals surface area contributed by atoms with E-state index >= 15 is 0 Å². The molecule has 0 spiro atoms. The first kappa shape index (κ1) is 17.3. The normalized spacial score (nSPS) is 20.4. The number of amides is 3. The van der Waals surface area contributed by atoms with Gasteiger partial charge in [0.2, 0.25) is 5.91 Å². The third kappa shape index (κ3) is 6.01. The van der Waals surface area contributed by atoms with Crippen molar-refractivity contribution in [1.82, 2.24) is 10.2 Å².